The van der Waals surface area contributed by atoms with Crippen LogP contribution in [-0.2, 0) is 14.3 Å². The number of nitrogens with zero attached hydrogens (tertiary/aromatic N) is 1. The van der Waals surface area contributed by atoms with Gasteiger partial charge in [-0.25, -0.2) is 9.79 Å². The summed E-state index contributed by atoms with van der Waals surface area (Å²) >= 11 is 3.39. The number of thioether (sulfide) groups is 1. The monoisotopic (exact) mass is 552 g/mol. The number of ether oxygens (including phenoxy) is 3. The first-order valence-corrected chi connectivity index (χ1v) is 11.5. The van der Waals surface area contributed by atoms with Crippen molar-refractivity contribution < 1.29 is 23.8 Å². The number of hydrogen-bond donors (Lipinski definition) is 1. The Kier molecular flexibility index (Phi) is 8.35. The molecule has 0 aromatic heterocycles. The molecular formula is C22H21IN2O5S. The van der Waals surface area contributed by atoms with E-state index >= 15 is 0 Å². The molecular weight excluding hydrogens is 531 g/mol. The van der Waals surface area contributed by atoms with Crippen LogP contribution in [0.25, 0.3) is 6.08 Å². The van der Waals surface area contributed by atoms with E-state index in [9.17, 15) is 9.59 Å². The molecule has 3 rings (SSSR count). The van der Waals surface area contributed by atoms with Crippen molar-refractivity contribution in [1.29, 1.82) is 0 Å². The summed E-state index contributed by atoms with van der Waals surface area (Å²) in [7, 11) is 0. The Hall–Kier alpha value is -2.53. The number of carbonyl (C=O) groups is 2. The van der Waals surface area contributed by atoms with Crippen LogP contribution in [0.5, 0.6) is 11.5 Å². The van der Waals surface area contributed by atoms with Crippen molar-refractivity contribution in [3.05, 3.63) is 56.5 Å². The molecule has 0 aliphatic carbocycles. The minimum Gasteiger partial charge on any atom is -0.490 e. The number of rotatable bonds is 8. The van der Waals surface area contributed by atoms with E-state index in [1.807, 2.05) is 43.3 Å². The normalized spacial score (nSPS) is 15.8. The van der Waals surface area contributed by atoms with Crippen molar-refractivity contribution in [2.24, 2.45) is 4.99 Å². The van der Waals surface area contributed by atoms with Crippen molar-refractivity contribution in [2.75, 3.05) is 19.8 Å². The molecule has 0 unspecified atom stereocenters. The Balaban J connectivity index is 1.82. The smallest absolute Gasteiger partial charge is 0.344 e. The van der Waals surface area contributed by atoms with Crippen LogP contribution in [0, 0.1) is 3.57 Å². The van der Waals surface area contributed by atoms with E-state index in [1.54, 1.807) is 19.1 Å². The van der Waals surface area contributed by atoms with Gasteiger partial charge < -0.3 is 19.5 Å². The van der Waals surface area contributed by atoms with Crippen molar-refractivity contribution in [2.45, 2.75) is 13.8 Å². The summed E-state index contributed by atoms with van der Waals surface area (Å²) in [5, 5.41) is 3.30. The zero-order chi connectivity index (χ0) is 22.2. The molecule has 1 fully saturated rings. The first-order chi connectivity index (χ1) is 15.0. The van der Waals surface area contributed by atoms with Gasteiger partial charge in [-0.2, -0.15) is 0 Å². The van der Waals surface area contributed by atoms with Gasteiger partial charge in [-0.05, 0) is 84.1 Å². The number of halogens is 1. The topological polar surface area (TPSA) is 86.2 Å². The lowest BCUT2D eigenvalue weighted by Gasteiger charge is -2.14. The van der Waals surface area contributed by atoms with Crippen molar-refractivity contribution >= 4 is 63.2 Å². The van der Waals surface area contributed by atoms with Gasteiger partial charge in [0.1, 0.15) is 0 Å². The Morgan fingerprint density at radius 1 is 1.16 bits per heavy atom. The van der Waals surface area contributed by atoms with E-state index in [0.29, 0.717) is 34.8 Å². The van der Waals surface area contributed by atoms with Crippen molar-refractivity contribution in [1.82, 2.24) is 5.32 Å². The average molecular weight is 552 g/mol. The quantitative estimate of drug-likeness (QED) is 0.295. The van der Waals surface area contributed by atoms with Gasteiger partial charge >= 0.3 is 5.97 Å². The molecule has 1 aliphatic rings. The Labute approximate surface area is 198 Å². The first-order valence-electron chi connectivity index (χ1n) is 9.59. The molecule has 1 saturated heterocycles. The molecule has 2 aromatic carbocycles. The molecule has 9 heteroatoms. The number of hydrogen-bond acceptors (Lipinski definition) is 7. The van der Waals surface area contributed by atoms with Gasteiger partial charge in [-0.3, -0.25) is 4.79 Å². The SMILES string of the molecule is CCOC(=O)COc1c(I)cc(/C=C2\SC(=Nc3ccccc3)NC2=O)cc1OCC. The standard InChI is InChI=1S/C22H21IN2O5S/c1-3-28-17-11-14(10-16(23)20(17)30-13-19(26)29-4-2)12-18-21(27)25-22(31-18)24-15-8-6-5-7-9-15/h5-12H,3-4,13H2,1-2H3,(H,24,25,27)/b18-12-. The number of benzene rings is 2. The summed E-state index contributed by atoms with van der Waals surface area (Å²) in [6.45, 7) is 4.11. The Bertz CT molecular complexity index is 1020. The number of amidine groups is 1. The molecule has 7 nitrogen and oxygen atoms in total. The summed E-state index contributed by atoms with van der Waals surface area (Å²) in [5.41, 5.74) is 1.54. The summed E-state index contributed by atoms with van der Waals surface area (Å²) in [5.74, 6) is 0.297. The summed E-state index contributed by atoms with van der Waals surface area (Å²) in [6.07, 6.45) is 1.77. The highest BCUT2D eigenvalue weighted by Crippen LogP contribution is 2.36. The Morgan fingerprint density at radius 3 is 2.65 bits per heavy atom. The van der Waals surface area contributed by atoms with E-state index in [2.05, 4.69) is 32.9 Å². The number of nitrogens with one attached hydrogen (secondary N) is 1. The molecule has 1 aliphatic heterocycles. The minimum atomic E-state index is -0.448. The molecule has 1 heterocycles. The van der Waals surface area contributed by atoms with Crippen LogP contribution in [0.1, 0.15) is 19.4 Å². The molecule has 2 aromatic rings. The van der Waals surface area contributed by atoms with Crippen molar-refractivity contribution in [3.8, 4) is 11.5 Å². The maximum Gasteiger partial charge on any atom is 0.344 e. The van der Waals surface area contributed by atoms with Crippen LogP contribution in [-0.4, -0.2) is 36.9 Å². The second kappa shape index (κ2) is 11.2. The lowest BCUT2D eigenvalue weighted by Crippen LogP contribution is -2.19. The van der Waals surface area contributed by atoms with Crippen LogP contribution in [0.4, 0.5) is 5.69 Å². The van der Waals surface area contributed by atoms with Crippen LogP contribution in [0.15, 0.2) is 52.4 Å². The fourth-order valence-electron chi connectivity index (χ4n) is 2.66. The maximum atomic E-state index is 12.4. The van der Waals surface area contributed by atoms with Gasteiger partial charge in [0.05, 0.1) is 27.4 Å². The molecule has 0 spiro atoms. The molecule has 0 radical (unpaired) electrons. The van der Waals surface area contributed by atoms with E-state index in [4.69, 9.17) is 14.2 Å². The predicted octanol–water partition coefficient (Wildman–Crippen LogP) is 4.52. The zero-order valence-electron chi connectivity index (χ0n) is 17.0. The zero-order valence-corrected chi connectivity index (χ0v) is 20.0. The van der Waals surface area contributed by atoms with Gasteiger partial charge in [0.2, 0.25) is 0 Å². The molecule has 0 bridgehead atoms. The molecule has 1 N–H and O–H groups in total. The first kappa shape index (κ1) is 23.1. The number of carbonyl (C=O) groups excluding carboxylic acids is 2. The predicted molar refractivity (Wildman–Crippen MR) is 130 cm³/mol. The average Bonchev–Trinajstić information content (AvgIpc) is 3.07. The van der Waals surface area contributed by atoms with Gasteiger partial charge in [0.25, 0.3) is 5.91 Å². The molecule has 1 amide bonds. The fraction of sp³-hybridized carbons (Fsp3) is 0.227. The van der Waals surface area contributed by atoms with E-state index in [0.717, 1.165) is 14.8 Å². The van der Waals surface area contributed by atoms with E-state index in [1.165, 1.54) is 11.8 Å². The highest BCUT2D eigenvalue weighted by molar-refractivity contribution is 14.1. The Morgan fingerprint density at radius 2 is 1.94 bits per heavy atom. The highest BCUT2D eigenvalue weighted by Gasteiger charge is 2.24. The molecule has 31 heavy (non-hydrogen) atoms. The summed E-state index contributed by atoms with van der Waals surface area (Å²) in [4.78, 5) is 29.0. The number of aliphatic imine (C=N–C) groups is 1. The van der Waals surface area contributed by atoms with Crippen LogP contribution < -0.4 is 14.8 Å². The second-order valence-corrected chi connectivity index (χ2v) is 8.37. The lowest BCUT2D eigenvalue weighted by atomic mass is 10.2. The van der Waals surface area contributed by atoms with Gasteiger partial charge in [-0.1, -0.05) is 18.2 Å². The third kappa shape index (κ3) is 6.47. The third-order valence-corrected chi connectivity index (χ3v) is 5.62. The van der Waals surface area contributed by atoms with Gasteiger partial charge in [0, 0.05) is 0 Å². The summed E-state index contributed by atoms with van der Waals surface area (Å²) < 4.78 is 17.0. The van der Waals surface area contributed by atoms with Gasteiger partial charge in [-0.15, -0.1) is 0 Å². The van der Waals surface area contributed by atoms with Crippen LogP contribution in [0.2, 0.25) is 0 Å². The molecule has 0 atom stereocenters. The lowest BCUT2D eigenvalue weighted by molar-refractivity contribution is -0.145. The van der Waals surface area contributed by atoms with Crippen LogP contribution in [0.3, 0.4) is 0 Å². The van der Waals surface area contributed by atoms with Crippen LogP contribution >= 0.6 is 34.4 Å². The summed E-state index contributed by atoms with van der Waals surface area (Å²) in [6, 6.07) is 13.1. The largest absolute Gasteiger partial charge is 0.490 e. The number of amides is 1. The van der Waals surface area contributed by atoms with E-state index < -0.39 is 5.97 Å². The third-order valence-electron chi connectivity index (χ3n) is 3.91. The second-order valence-electron chi connectivity index (χ2n) is 6.17. The van der Waals surface area contributed by atoms with Crippen molar-refractivity contribution in [3.63, 3.8) is 0 Å². The maximum absolute atomic E-state index is 12.4. The molecule has 0 saturated carbocycles. The number of para-hydroxylation sites is 1. The minimum absolute atomic E-state index is 0.206. The van der Waals surface area contributed by atoms with E-state index in [-0.39, 0.29) is 12.5 Å². The fourth-order valence-corrected chi connectivity index (χ4v) is 4.28. The molecule has 162 valence electrons. The van der Waals surface area contributed by atoms with Gasteiger partial charge in [0.15, 0.2) is 23.3 Å². The highest BCUT2D eigenvalue weighted by atomic mass is 127. The number of esters is 1.